The van der Waals surface area contributed by atoms with Crippen molar-refractivity contribution >= 4 is 17.7 Å². The summed E-state index contributed by atoms with van der Waals surface area (Å²) in [4.78, 5) is 25.3. The first-order chi connectivity index (χ1) is 14.3. The Kier molecular flexibility index (Phi) is 6.29. The molecule has 0 unspecified atom stereocenters. The van der Waals surface area contributed by atoms with Crippen molar-refractivity contribution in [3.05, 3.63) is 71.9 Å². The van der Waals surface area contributed by atoms with Gasteiger partial charge in [-0.25, -0.2) is 9.69 Å². The van der Waals surface area contributed by atoms with Crippen molar-refractivity contribution in [3.63, 3.8) is 0 Å². The number of hydrogen-bond acceptors (Lipinski definition) is 5. The van der Waals surface area contributed by atoms with E-state index < -0.39 is 29.9 Å². The summed E-state index contributed by atoms with van der Waals surface area (Å²) in [5.74, 6) is -0.635. The van der Waals surface area contributed by atoms with E-state index in [9.17, 15) is 22.8 Å². The molecule has 2 aromatic rings. The maximum absolute atomic E-state index is 13.5. The predicted octanol–water partition coefficient (Wildman–Crippen LogP) is 4.14. The normalized spacial score (nSPS) is 16.9. The summed E-state index contributed by atoms with van der Waals surface area (Å²) < 4.78 is 50.4. The number of methoxy groups -OCH3 is 1. The van der Waals surface area contributed by atoms with Crippen LogP contribution >= 0.6 is 0 Å². The zero-order valence-electron chi connectivity index (χ0n) is 16.0. The summed E-state index contributed by atoms with van der Waals surface area (Å²) in [5, 5.41) is 2.18. The molecule has 3 rings (SSSR count). The van der Waals surface area contributed by atoms with Gasteiger partial charge in [0.2, 0.25) is 0 Å². The van der Waals surface area contributed by atoms with Gasteiger partial charge in [-0.1, -0.05) is 30.3 Å². The summed E-state index contributed by atoms with van der Waals surface area (Å²) in [6.07, 6.45) is -5.16. The van der Waals surface area contributed by atoms with E-state index in [1.165, 1.54) is 31.4 Å². The highest BCUT2D eigenvalue weighted by Crippen LogP contribution is 2.29. The first-order valence-electron chi connectivity index (χ1n) is 9.02. The van der Waals surface area contributed by atoms with Crippen LogP contribution in [0.25, 0.3) is 0 Å². The standard InChI is InChI=1S/C21H19F3N2O4/c1-29-17-9-7-15(8-10-17)25-18(21(22,23)24)12-19(27)26-16(13-30-20(26)28)11-14-5-3-2-4-6-14/h2-10,12,16,25H,11,13H2,1H3/b18-12-/t16-/m0/s1. The highest BCUT2D eigenvalue weighted by atomic mass is 19.4. The predicted molar refractivity (Wildman–Crippen MR) is 103 cm³/mol. The molecule has 1 aliphatic rings. The second kappa shape index (κ2) is 8.89. The minimum atomic E-state index is -4.84. The Balaban J connectivity index is 1.81. The summed E-state index contributed by atoms with van der Waals surface area (Å²) in [5.41, 5.74) is -0.359. The van der Waals surface area contributed by atoms with E-state index in [2.05, 4.69) is 5.32 Å². The molecule has 9 heteroatoms. The van der Waals surface area contributed by atoms with Crippen LogP contribution in [0.5, 0.6) is 5.75 Å². The third-order valence-electron chi connectivity index (χ3n) is 4.45. The summed E-state index contributed by atoms with van der Waals surface area (Å²) >= 11 is 0. The number of benzene rings is 2. The molecule has 0 aromatic heterocycles. The van der Waals surface area contributed by atoms with Crippen LogP contribution in [0.1, 0.15) is 5.56 Å². The lowest BCUT2D eigenvalue weighted by atomic mass is 10.1. The molecule has 30 heavy (non-hydrogen) atoms. The van der Waals surface area contributed by atoms with Gasteiger partial charge < -0.3 is 14.8 Å². The molecule has 0 spiro atoms. The summed E-state index contributed by atoms with van der Waals surface area (Å²) in [6, 6.07) is 14.0. The molecule has 1 aliphatic heterocycles. The van der Waals surface area contributed by atoms with Crippen molar-refractivity contribution in [2.45, 2.75) is 18.6 Å². The third-order valence-corrected chi connectivity index (χ3v) is 4.45. The SMILES string of the molecule is COc1ccc(N/C(=C\C(=O)N2C(=O)OC[C@@H]2Cc2ccccc2)C(F)(F)F)cc1. The fraction of sp³-hybridized carbons (Fsp3) is 0.238. The molecule has 2 amide bonds. The number of cyclic esters (lactones) is 1. The molecule has 0 radical (unpaired) electrons. The zero-order chi connectivity index (χ0) is 21.7. The molecule has 2 aromatic carbocycles. The van der Waals surface area contributed by atoms with E-state index in [0.29, 0.717) is 16.7 Å². The summed E-state index contributed by atoms with van der Waals surface area (Å²) in [6.45, 7) is -0.0828. The summed E-state index contributed by atoms with van der Waals surface area (Å²) in [7, 11) is 1.43. The van der Waals surface area contributed by atoms with E-state index in [1.54, 1.807) is 24.3 Å². The van der Waals surface area contributed by atoms with Gasteiger partial charge in [0.05, 0.1) is 13.2 Å². The number of nitrogens with zero attached hydrogens (tertiary/aromatic N) is 1. The Morgan fingerprint density at radius 2 is 1.87 bits per heavy atom. The average Bonchev–Trinajstić information content (AvgIpc) is 3.08. The van der Waals surface area contributed by atoms with E-state index in [1.807, 2.05) is 6.07 Å². The van der Waals surface area contributed by atoms with Crippen molar-refractivity contribution in [3.8, 4) is 5.75 Å². The quantitative estimate of drug-likeness (QED) is 0.712. The van der Waals surface area contributed by atoms with Crippen molar-refractivity contribution in [1.82, 2.24) is 4.90 Å². The molecule has 1 fully saturated rings. The van der Waals surface area contributed by atoms with Gasteiger partial charge in [-0.3, -0.25) is 4.79 Å². The van der Waals surface area contributed by atoms with Crippen molar-refractivity contribution in [1.29, 1.82) is 0 Å². The smallest absolute Gasteiger partial charge is 0.431 e. The zero-order valence-corrected chi connectivity index (χ0v) is 16.0. The van der Waals surface area contributed by atoms with Gasteiger partial charge in [-0.2, -0.15) is 13.2 Å². The fourth-order valence-electron chi connectivity index (χ4n) is 2.98. The maximum atomic E-state index is 13.5. The number of alkyl halides is 3. The first kappa shape index (κ1) is 21.2. The van der Waals surface area contributed by atoms with Crippen LogP contribution in [0.2, 0.25) is 0 Å². The van der Waals surface area contributed by atoms with E-state index >= 15 is 0 Å². The number of halogens is 3. The maximum Gasteiger partial charge on any atom is 0.431 e. The number of hydrogen-bond donors (Lipinski definition) is 1. The molecule has 0 aliphatic carbocycles. The number of ether oxygens (including phenoxy) is 2. The van der Waals surface area contributed by atoms with Gasteiger partial charge in [0.1, 0.15) is 18.1 Å². The number of rotatable bonds is 6. The lowest BCUT2D eigenvalue weighted by Gasteiger charge is -2.20. The minimum absolute atomic E-state index is 0.0828. The number of carbonyl (C=O) groups excluding carboxylic acids is 2. The van der Waals surface area contributed by atoms with E-state index in [-0.39, 0.29) is 18.7 Å². The van der Waals surface area contributed by atoms with Crippen molar-refractivity contribution in [2.24, 2.45) is 0 Å². The molecule has 0 saturated carbocycles. The lowest BCUT2D eigenvalue weighted by Crippen LogP contribution is -2.40. The second-order valence-electron chi connectivity index (χ2n) is 6.54. The highest BCUT2D eigenvalue weighted by molar-refractivity contribution is 6.00. The van der Waals surface area contributed by atoms with Gasteiger partial charge in [0, 0.05) is 11.8 Å². The lowest BCUT2D eigenvalue weighted by molar-refractivity contribution is -0.125. The van der Waals surface area contributed by atoms with Crippen LogP contribution < -0.4 is 10.1 Å². The molecule has 1 N–H and O–H groups in total. The van der Waals surface area contributed by atoms with Gasteiger partial charge >= 0.3 is 12.3 Å². The second-order valence-corrected chi connectivity index (χ2v) is 6.54. The Morgan fingerprint density at radius 1 is 1.20 bits per heavy atom. The fourth-order valence-corrected chi connectivity index (χ4v) is 2.98. The number of anilines is 1. The minimum Gasteiger partial charge on any atom is -0.497 e. The van der Waals surface area contributed by atoms with Crippen LogP contribution in [-0.2, 0) is 16.0 Å². The van der Waals surface area contributed by atoms with Crippen molar-refractivity contribution < 1.29 is 32.2 Å². The molecule has 1 saturated heterocycles. The van der Waals surface area contributed by atoms with Crippen molar-refractivity contribution in [2.75, 3.05) is 19.0 Å². The molecule has 1 heterocycles. The Morgan fingerprint density at radius 3 is 2.47 bits per heavy atom. The number of amides is 2. The highest BCUT2D eigenvalue weighted by Gasteiger charge is 2.40. The largest absolute Gasteiger partial charge is 0.497 e. The number of nitrogens with one attached hydrogen (secondary N) is 1. The Bertz CT molecular complexity index is 928. The monoisotopic (exact) mass is 420 g/mol. The van der Waals surface area contributed by atoms with Gasteiger partial charge in [0.15, 0.2) is 0 Å². The van der Waals surface area contributed by atoms with Crippen LogP contribution in [0, 0.1) is 0 Å². The third kappa shape index (κ3) is 5.11. The Hall–Kier alpha value is -3.49. The van der Waals surface area contributed by atoms with Gasteiger partial charge in [-0.05, 0) is 36.2 Å². The molecular formula is C21H19F3N2O4. The molecule has 0 bridgehead atoms. The topological polar surface area (TPSA) is 67.9 Å². The van der Waals surface area contributed by atoms with Gasteiger partial charge in [0.25, 0.3) is 5.91 Å². The Labute approximate surface area is 170 Å². The number of allylic oxidation sites excluding steroid dienone is 1. The number of imide groups is 1. The van der Waals surface area contributed by atoms with E-state index in [0.717, 1.165) is 5.56 Å². The van der Waals surface area contributed by atoms with E-state index in [4.69, 9.17) is 9.47 Å². The van der Waals surface area contributed by atoms with Crippen LogP contribution in [0.3, 0.4) is 0 Å². The van der Waals surface area contributed by atoms with Crippen LogP contribution in [0.4, 0.5) is 23.7 Å². The number of carbonyl (C=O) groups is 2. The van der Waals surface area contributed by atoms with Crippen LogP contribution in [0.15, 0.2) is 66.4 Å². The molecule has 6 nitrogen and oxygen atoms in total. The molecule has 1 atom stereocenters. The van der Waals surface area contributed by atoms with Gasteiger partial charge in [-0.15, -0.1) is 0 Å². The molecular weight excluding hydrogens is 401 g/mol. The molecule has 158 valence electrons. The average molecular weight is 420 g/mol. The first-order valence-corrected chi connectivity index (χ1v) is 9.02. The van der Waals surface area contributed by atoms with Crippen LogP contribution in [-0.4, -0.2) is 42.8 Å².